The number of carbonyl (C=O) groups is 2. The minimum absolute atomic E-state index is 0.0764. The first-order valence-electron chi connectivity index (χ1n) is 11.6. The van der Waals surface area contributed by atoms with Gasteiger partial charge in [-0.05, 0) is 39.9 Å². The lowest BCUT2D eigenvalue weighted by molar-refractivity contribution is -0.140. The molecule has 0 spiro atoms. The van der Waals surface area contributed by atoms with Crippen LogP contribution in [0.5, 0.6) is 5.75 Å². The first-order valence-corrected chi connectivity index (χ1v) is 11.6. The van der Waals surface area contributed by atoms with E-state index in [9.17, 15) is 14.7 Å². The van der Waals surface area contributed by atoms with Gasteiger partial charge in [0.2, 0.25) is 0 Å². The maximum absolute atomic E-state index is 13.3. The van der Waals surface area contributed by atoms with Crippen LogP contribution >= 0.6 is 0 Å². The Morgan fingerprint density at radius 2 is 1.71 bits per heavy atom. The molecule has 35 heavy (non-hydrogen) atoms. The number of amides is 1. The van der Waals surface area contributed by atoms with E-state index in [0.717, 1.165) is 21.9 Å². The van der Waals surface area contributed by atoms with Crippen LogP contribution in [0, 0.1) is 0 Å². The molecule has 4 rings (SSSR count). The number of benzene rings is 3. The highest BCUT2D eigenvalue weighted by Gasteiger charge is 2.46. The van der Waals surface area contributed by atoms with Gasteiger partial charge in [-0.2, -0.15) is 0 Å². The van der Waals surface area contributed by atoms with Crippen LogP contribution in [0.3, 0.4) is 0 Å². The van der Waals surface area contributed by atoms with Crippen LogP contribution in [-0.2, 0) is 19.7 Å². The van der Waals surface area contributed by atoms with Crippen LogP contribution in [0.4, 0.5) is 0 Å². The number of Topliss-reactive ketones (excluding diaryl/α,β-unsaturated/α-hetero) is 1. The number of aliphatic hydroxyl groups is 1. The van der Waals surface area contributed by atoms with Gasteiger partial charge in [-0.25, -0.2) is 0 Å². The zero-order valence-corrected chi connectivity index (χ0v) is 20.8. The zero-order valence-electron chi connectivity index (χ0n) is 20.8. The average Bonchev–Trinajstić information content (AvgIpc) is 3.10. The average molecular weight is 474 g/mol. The molecule has 3 aromatic rings. The van der Waals surface area contributed by atoms with Crippen molar-refractivity contribution in [1.82, 2.24) is 4.90 Å². The Labute approximate surface area is 205 Å². The number of aliphatic hydroxyl groups excluding tert-OH is 1. The first kappa shape index (κ1) is 24.5. The second-order valence-electron chi connectivity index (χ2n) is 9.72. The second-order valence-corrected chi connectivity index (χ2v) is 9.72. The van der Waals surface area contributed by atoms with Gasteiger partial charge in [0.1, 0.15) is 11.5 Å². The Morgan fingerprint density at radius 3 is 2.40 bits per heavy atom. The van der Waals surface area contributed by atoms with E-state index >= 15 is 0 Å². The van der Waals surface area contributed by atoms with E-state index in [1.165, 1.54) is 4.90 Å². The van der Waals surface area contributed by atoms with Gasteiger partial charge in [0, 0.05) is 24.8 Å². The maximum atomic E-state index is 13.3. The van der Waals surface area contributed by atoms with Crippen molar-refractivity contribution < 1.29 is 24.2 Å². The van der Waals surface area contributed by atoms with E-state index in [-0.39, 0.29) is 29.9 Å². The molecule has 1 saturated heterocycles. The normalized spacial score (nSPS) is 17.9. The van der Waals surface area contributed by atoms with Gasteiger partial charge in [-0.1, -0.05) is 63.2 Å². The van der Waals surface area contributed by atoms with Crippen LogP contribution in [0.2, 0.25) is 0 Å². The van der Waals surface area contributed by atoms with Crippen molar-refractivity contribution in [1.29, 1.82) is 0 Å². The molecule has 1 aliphatic rings. The molecular weight excluding hydrogens is 442 g/mol. The Kier molecular flexibility index (Phi) is 6.68. The van der Waals surface area contributed by atoms with Gasteiger partial charge in [-0.3, -0.25) is 9.59 Å². The first-order chi connectivity index (χ1) is 16.7. The standard InChI is InChI=1S/C29H31NO5/c1-29(2,3)22-17-19(13-14-23(22)35-5)26(31)24-25(30(15-16-34-4)28(33)27(24)32)21-12-8-10-18-9-6-7-11-20(18)21/h6-14,17,25,31H,15-16H2,1-5H3/b26-24+. The highest BCUT2D eigenvalue weighted by molar-refractivity contribution is 6.46. The number of methoxy groups -OCH3 is 2. The van der Waals surface area contributed by atoms with Crippen LogP contribution < -0.4 is 4.74 Å². The van der Waals surface area contributed by atoms with Crippen molar-refractivity contribution in [2.45, 2.75) is 32.2 Å². The van der Waals surface area contributed by atoms with E-state index in [0.29, 0.717) is 11.3 Å². The Bertz CT molecular complexity index is 1310. The fourth-order valence-corrected chi connectivity index (χ4v) is 4.71. The molecule has 0 aliphatic carbocycles. The lowest BCUT2D eigenvalue weighted by Crippen LogP contribution is -2.32. The highest BCUT2D eigenvalue weighted by atomic mass is 16.5. The van der Waals surface area contributed by atoms with Gasteiger partial charge >= 0.3 is 0 Å². The number of hydrogen-bond acceptors (Lipinski definition) is 5. The summed E-state index contributed by atoms with van der Waals surface area (Å²) in [6.45, 7) is 6.64. The summed E-state index contributed by atoms with van der Waals surface area (Å²) in [5.41, 5.74) is 1.95. The number of ether oxygens (including phenoxy) is 2. The van der Waals surface area contributed by atoms with Crippen LogP contribution in [-0.4, -0.2) is 49.1 Å². The monoisotopic (exact) mass is 473 g/mol. The van der Waals surface area contributed by atoms with E-state index in [2.05, 4.69) is 20.8 Å². The molecule has 1 aliphatic heterocycles. The molecule has 0 bridgehead atoms. The molecule has 6 heteroatoms. The van der Waals surface area contributed by atoms with Crippen molar-refractivity contribution in [3.05, 3.63) is 82.9 Å². The summed E-state index contributed by atoms with van der Waals surface area (Å²) in [6.07, 6.45) is 0. The Balaban J connectivity index is 1.96. The molecule has 1 atom stereocenters. The smallest absolute Gasteiger partial charge is 0.295 e. The molecule has 0 saturated carbocycles. The number of carbonyl (C=O) groups excluding carboxylic acids is 2. The molecule has 182 valence electrons. The molecule has 1 amide bonds. The molecule has 0 radical (unpaired) electrons. The Morgan fingerprint density at radius 1 is 1.00 bits per heavy atom. The summed E-state index contributed by atoms with van der Waals surface area (Å²) >= 11 is 0. The van der Waals surface area contributed by atoms with Crippen molar-refractivity contribution >= 4 is 28.2 Å². The fraction of sp³-hybridized carbons (Fsp3) is 0.310. The minimum Gasteiger partial charge on any atom is -0.507 e. The summed E-state index contributed by atoms with van der Waals surface area (Å²) in [7, 11) is 3.15. The largest absolute Gasteiger partial charge is 0.507 e. The number of hydrogen-bond donors (Lipinski definition) is 1. The quantitative estimate of drug-likeness (QED) is 0.302. The molecule has 1 heterocycles. The summed E-state index contributed by atoms with van der Waals surface area (Å²) in [5, 5.41) is 13.4. The van der Waals surface area contributed by atoms with Crippen LogP contribution in [0.15, 0.2) is 66.2 Å². The van der Waals surface area contributed by atoms with Crippen LogP contribution in [0.25, 0.3) is 16.5 Å². The van der Waals surface area contributed by atoms with Gasteiger partial charge in [-0.15, -0.1) is 0 Å². The predicted molar refractivity (Wildman–Crippen MR) is 137 cm³/mol. The number of likely N-dealkylation sites (tertiary alicyclic amines) is 1. The number of rotatable bonds is 6. The van der Waals surface area contributed by atoms with Crippen molar-refractivity contribution in [3.8, 4) is 5.75 Å². The third kappa shape index (κ3) is 4.42. The van der Waals surface area contributed by atoms with E-state index in [4.69, 9.17) is 9.47 Å². The molecule has 1 N–H and O–H groups in total. The Hall–Kier alpha value is -3.64. The third-order valence-corrected chi connectivity index (χ3v) is 6.48. The van der Waals surface area contributed by atoms with Gasteiger partial charge in [0.15, 0.2) is 0 Å². The topological polar surface area (TPSA) is 76.1 Å². The summed E-state index contributed by atoms with van der Waals surface area (Å²) in [5.74, 6) is -0.856. The predicted octanol–water partition coefficient (Wildman–Crippen LogP) is 5.21. The lowest BCUT2D eigenvalue weighted by Gasteiger charge is -2.26. The van der Waals surface area contributed by atoms with Gasteiger partial charge < -0.3 is 19.5 Å². The SMILES string of the molecule is COCCN1C(=O)C(=O)/C(=C(/O)c2ccc(OC)c(C(C)(C)C)c2)C1c1cccc2ccccc12. The molecule has 1 unspecified atom stereocenters. The summed E-state index contributed by atoms with van der Waals surface area (Å²) < 4.78 is 10.7. The number of fused-ring (bicyclic) bond motifs is 1. The second kappa shape index (κ2) is 9.55. The molecule has 1 fully saturated rings. The summed E-state index contributed by atoms with van der Waals surface area (Å²) in [4.78, 5) is 28.0. The molecule has 3 aromatic carbocycles. The molecular formula is C29H31NO5. The maximum Gasteiger partial charge on any atom is 0.295 e. The molecule has 6 nitrogen and oxygen atoms in total. The van der Waals surface area contributed by atoms with Crippen molar-refractivity contribution in [3.63, 3.8) is 0 Å². The van der Waals surface area contributed by atoms with E-state index in [1.807, 2.05) is 48.5 Å². The minimum atomic E-state index is -0.739. The van der Waals surface area contributed by atoms with Crippen molar-refractivity contribution in [2.24, 2.45) is 0 Å². The number of nitrogens with zero attached hydrogens (tertiary/aromatic N) is 1. The van der Waals surface area contributed by atoms with Crippen LogP contribution in [0.1, 0.15) is 43.5 Å². The van der Waals surface area contributed by atoms with E-state index in [1.54, 1.807) is 26.4 Å². The fourth-order valence-electron chi connectivity index (χ4n) is 4.71. The van der Waals surface area contributed by atoms with Gasteiger partial charge in [0.25, 0.3) is 11.7 Å². The zero-order chi connectivity index (χ0) is 25.3. The van der Waals surface area contributed by atoms with E-state index < -0.39 is 17.7 Å². The van der Waals surface area contributed by atoms with Crippen molar-refractivity contribution in [2.75, 3.05) is 27.4 Å². The van der Waals surface area contributed by atoms with Gasteiger partial charge in [0.05, 0.1) is 25.3 Å². The lowest BCUT2D eigenvalue weighted by atomic mass is 9.84. The highest BCUT2D eigenvalue weighted by Crippen LogP contribution is 2.42. The number of ketones is 1. The summed E-state index contributed by atoms with van der Waals surface area (Å²) in [6, 6.07) is 18.2. The molecule has 0 aromatic heterocycles. The third-order valence-electron chi connectivity index (χ3n) is 6.48.